The molecule has 19 heavy (non-hydrogen) atoms. The number of likely N-dealkylation sites (tertiary alicyclic amines) is 1. The van der Waals surface area contributed by atoms with Gasteiger partial charge in [-0.1, -0.05) is 6.92 Å². The van der Waals surface area contributed by atoms with E-state index in [1.165, 1.54) is 0 Å². The second-order valence-electron chi connectivity index (χ2n) is 5.25. The fourth-order valence-electron chi connectivity index (χ4n) is 2.43. The monoisotopic (exact) mass is 280 g/mol. The summed E-state index contributed by atoms with van der Waals surface area (Å²) in [4.78, 5) is 23.9. The normalized spacial score (nSPS) is 29.2. The number of aliphatic carboxylic acids is 1. The van der Waals surface area contributed by atoms with Crippen molar-refractivity contribution in [3.05, 3.63) is 0 Å². The first kappa shape index (κ1) is 14.0. The molecule has 1 saturated heterocycles. The molecule has 2 N–H and O–H groups in total. The number of nitrogens with one attached hydrogen (secondary N) is 1. The number of alkyl halides is 3. The number of amides is 2. The Balaban J connectivity index is 2.07. The second-order valence-corrected chi connectivity index (χ2v) is 5.25. The summed E-state index contributed by atoms with van der Waals surface area (Å²) in [5.41, 5.74) is -2.15. The molecule has 0 spiro atoms. The van der Waals surface area contributed by atoms with Crippen molar-refractivity contribution in [2.75, 3.05) is 6.54 Å². The second kappa shape index (κ2) is 4.28. The van der Waals surface area contributed by atoms with E-state index in [0.717, 1.165) is 4.90 Å². The summed E-state index contributed by atoms with van der Waals surface area (Å²) in [7, 11) is 0. The van der Waals surface area contributed by atoms with Gasteiger partial charge in [-0.15, -0.1) is 0 Å². The summed E-state index contributed by atoms with van der Waals surface area (Å²) < 4.78 is 38.2. The zero-order valence-electron chi connectivity index (χ0n) is 10.3. The van der Waals surface area contributed by atoms with Gasteiger partial charge in [-0.05, 0) is 25.2 Å². The van der Waals surface area contributed by atoms with Gasteiger partial charge in [0, 0.05) is 6.54 Å². The highest BCUT2D eigenvalue weighted by Crippen LogP contribution is 2.49. The Morgan fingerprint density at radius 2 is 1.95 bits per heavy atom. The first-order chi connectivity index (χ1) is 8.68. The van der Waals surface area contributed by atoms with Crippen LogP contribution in [0, 0.1) is 5.92 Å². The molecule has 8 heteroatoms. The fourth-order valence-corrected chi connectivity index (χ4v) is 2.43. The van der Waals surface area contributed by atoms with Crippen molar-refractivity contribution in [2.45, 2.75) is 43.9 Å². The topological polar surface area (TPSA) is 69.6 Å². The number of halogens is 3. The third-order valence-electron chi connectivity index (χ3n) is 3.85. The number of carboxylic acid groups (broad SMARTS) is 1. The fraction of sp³-hybridized carbons (Fsp3) is 0.818. The lowest BCUT2D eigenvalue weighted by atomic mass is 10.0. The van der Waals surface area contributed by atoms with Crippen molar-refractivity contribution < 1.29 is 27.9 Å². The molecule has 0 bridgehead atoms. The van der Waals surface area contributed by atoms with Gasteiger partial charge in [0.2, 0.25) is 0 Å². The number of carbonyl (C=O) groups is 2. The van der Waals surface area contributed by atoms with E-state index in [2.05, 4.69) is 0 Å². The Bertz CT molecular complexity index is 406. The molecule has 1 saturated carbocycles. The summed E-state index contributed by atoms with van der Waals surface area (Å²) in [5.74, 6) is -1.44. The molecule has 1 aliphatic carbocycles. The molecular weight excluding hydrogens is 265 g/mol. The molecule has 5 nitrogen and oxygen atoms in total. The summed E-state index contributed by atoms with van der Waals surface area (Å²) in [6, 6.07) is -1.99. The molecule has 0 aromatic rings. The third kappa shape index (κ3) is 2.35. The van der Waals surface area contributed by atoms with E-state index in [9.17, 15) is 22.8 Å². The molecule has 2 amide bonds. The van der Waals surface area contributed by atoms with Crippen LogP contribution in [0.15, 0.2) is 0 Å². The van der Waals surface area contributed by atoms with Gasteiger partial charge in [0.15, 0.2) is 0 Å². The number of nitrogens with zero attached hydrogens (tertiary/aromatic N) is 1. The number of carboxylic acids is 1. The average molecular weight is 280 g/mol. The highest BCUT2D eigenvalue weighted by Gasteiger charge is 2.65. The smallest absolute Gasteiger partial charge is 0.411 e. The van der Waals surface area contributed by atoms with E-state index in [1.807, 2.05) is 5.32 Å². The maximum absolute atomic E-state index is 12.7. The van der Waals surface area contributed by atoms with E-state index in [0.29, 0.717) is 6.42 Å². The average Bonchev–Trinajstić information content (AvgIpc) is 2.93. The van der Waals surface area contributed by atoms with Crippen molar-refractivity contribution in [1.82, 2.24) is 10.2 Å². The van der Waals surface area contributed by atoms with Gasteiger partial charge in [0.25, 0.3) is 0 Å². The largest absolute Gasteiger partial charge is 0.480 e. The van der Waals surface area contributed by atoms with Crippen LogP contribution in [0.25, 0.3) is 0 Å². The molecule has 0 aromatic carbocycles. The molecule has 2 atom stereocenters. The number of hydrogen-bond acceptors (Lipinski definition) is 2. The lowest BCUT2D eigenvalue weighted by Gasteiger charge is -2.28. The van der Waals surface area contributed by atoms with Gasteiger partial charge in [-0.25, -0.2) is 9.59 Å². The van der Waals surface area contributed by atoms with Gasteiger partial charge < -0.3 is 15.3 Å². The molecule has 2 unspecified atom stereocenters. The van der Waals surface area contributed by atoms with Crippen molar-refractivity contribution in [2.24, 2.45) is 5.92 Å². The Hall–Kier alpha value is -1.47. The summed E-state index contributed by atoms with van der Waals surface area (Å²) in [6.45, 7) is 1.83. The molecule has 1 aliphatic heterocycles. The quantitative estimate of drug-likeness (QED) is 0.807. The van der Waals surface area contributed by atoms with Crippen molar-refractivity contribution in [3.63, 3.8) is 0 Å². The Labute approximate surface area is 107 Å². The lowest BCUT2D eigenvalue weighted by Crippen LogP contribution is -2.55. The van der Waals surface area contributed by atoms with Crippen LogP contribution in [0.3, 0.4) is 0 Å². The number of hydrogen-bond donors (Lipinski definition) is 2. The first-order valence-electron chi connectivity index (χ1n) is 6.06. The first-order valence-corrected chi connectivity index (χ1v) is 6.06. The van der Waals surface area contributed by atoms with E-state index >= 15 is 0 Å². The van der Waals surface area contributed by atoms with E-state index in [4.69, 9.17) is 5.11 Å². The van der Waals surface area contributed by atoms with Crippen molar-refractivity contribution in [1.29, 1.82) is 0 Å². The van der Waals surface area contributed by atoms with Crippen LogP contribution >= 0.6 is 0 Å². The van der Waals surface area contributed by atoms with Crippen LogP contribution in [0.5, 0.6) is 0 Å². The van der Waals surface area contributed by atoms with Gasteiger partial charge >= 0.3 is 18.2 Å². The molecule has 2 aliphatic rings. The number of carbonyl (C=O) groups excluding carboxylic acids is 1. The van der Waals surface area contributed by atoms with Crippen molar-refractivity contribution in [3.8, 4) is 0 Å². The van der Waals surface area contributed by atoms with Gasteiger partial charge in [-0.2, -0.15) is 13.2 Å². The Morgan fingerprint density at radius 1 is 1.37 bits per heavy atom. The van der Waals surface area contributed by atoms with Crippen LogP contribution in [-0.2, 0) is 4.79 Å². The van der Waals surface area contributed by atoms with Crippen LogP contribution < -0.4 is 5.32 Å². The van der Waals surface area contributed by atoms with Gasteiger partial charge in [0.1, 0.15) is 11.6 Å². The predicted octanol–water partition coefficient (Wildman–Crippen LogP) is 1.59. The molecule has 0 radical (unpaired) electrons. The molecule has 0 aromatic heterocycles. The molecule has 1 heterocycles. The third-order valence-corrected chi connectivity index (χ3v) is 3.85. The summed E-state index contributed by atoms with van der Waals surface area (Å²) in [5, 5.41) is 11.0. The minimum absolute atomic E-state index is 0.149. The minimum atomic E-state index is -4.49. The summed E-state index contributed by atoms with van der Waals surface area (Å²) in [6.07, 6.45) is -4.32. The summed E-state index contributed by atoms with van der Waals surface area (Å²) >= 11 is 0. The molecular formula is C11H15F3N2O3. The zero-order chi connectivity index (χ0) is 14.4. The zero-order valence-corrected chi connectivity index (χ0v) is 10.3. The standard InChI is InChI=1S/C11H15F3N2O3/c1-6-2-5-16(7(6)8(17)18)9(19)15-10(3-4-10)11(12,13)14/h6-7H,2-5H2,1H3,(H,15,19)(H,17,18). The van der Waals surface area contributed by atoms with Crippen LogP contribution in [0.1, 0.15) is 26.2 Å². The Morgan fingerprint density at radius 3 is 2.37 bits per heavy atom. The van der Waals surface area contributed by atoms with E-state index in [1.54, 1.807) is 6.92 Å². The number of rotatable bonds is 2. The predicted molar refractivity (Wildman–Crippen MR) is 58.5 cm³/mol. The SMILES string of the molecule is CC1CCN(C(=O)NC2(C(F)(F)F)CC2)C1C(=O)O. The highest BCUT2D eigenvalue weighted by molar-refractivity contribution is 5.84. The number of urea groups is 1. The molecule has 2 fully saturated rings. The van der Waals surface area contributed by atoms with Gasteiger partial charge in [-0.3, -0.25) is 0 Å². The molecule has 2 rings (SSSR count). The maximum atomic E-state index is 12.7. The van der Waals surface area contributed by atoms with Crippen molar-refractivity contribution >= 4 is 12.0 Å². The molecule has 108 valence electrons. The lowest BCUT2D eigenvalue weighted by molar-refractivity contribution is -0.163. The van der Waals surface area contributed by atoms with Crippen LogP contribution in [-0.4, -0.2) is 46.3 Å². The van der Waals surface area contributed by atoms with E-state index in [-0.39, 0.29) is 25.3 Å². The Kier molecular flexibility index (Phi) is 3.14. The minimum Gasteiger partial charge on any atom is -0.480 e. The van der Waals surface area contributed by atoms with Gasteiger partial charge in [0.05, 0.1) is 0 Å². The van der Waals surface area contributed by atoms with E-state index < -0.39 is 29.8 Å². The highest BCUT2D eigenvalue weighted by atomic mass is 19.4. The van der Waals surface area contributed by atoms with Crippen LogP contribution in [0.4, 0.5) is 18.0 Å². The van der Waals surface area contributed by atoms with Crippen LogP contribution in [0.2, 0.25) is 0 Å². The maximum Gasteiger partial charge on any atom is 0.411 e.